The third-order valence-electron chi connectivity index (χ3n) is 4.93. The standard InChI is InChI=1S/C18H29NO/c1-8-16(9-2)10-19-18(20)17-14(6)12(4)11(3)13(5)15(17)7/h16H,8-10H2,1-7H3,(H,19,20). The van der Waals surface area contributed by atoms with Crippen molar-refractivity contribution in [3.63, 3.8) is 0 Å². The van der Waals surface area contributed by atoms with E-state index in [1.807, 2.05) is 0 Å². The van der Waals surface area contributed by atoms with E-state index in [1.165, 1.54) is 16.7 Å². The van der Waals surface area contributed by atoms with Crippen molar-refractivity contribution in [2.24, 2.45) is 5.92 Å². The van der Waals surface area contributed by atoms with Crippen LogP contribution in [0.1, 0.15) is 64.9 Å². The largest absolute Gasteiger partial charge is 0.352 e. The molecular weight excluding hydrogens is 246 g/mol. The van der Waals surface area contributed by atoms with Gasteiger partial charge in [-0.2, -0.15) is 0 Å². The average molecular weight is 275 g/mol. The number of rotatable bonds is 5. The van der Waals surface area contributed by atoms with Crippen molar-refractivity contribution in [2.75, 3.05) is 6.54 Å². The minimum Gasteiger partial charge on any atom is -0.352 e. The van der Waals surface area contributed by atoms with Gasteiger partial charge in [-0.05, 0) is 68.4 Å². The average Bonchev–Trinajstić information content (AvgIpc) is 2.44. The molecule has 2 nitrogen and oxygen atoms in total. The molecular formula is C18H29NO. The van der Waals surface area contributed by atoms with Gasteiger partial charge < -0.3 is 5.32 Å². The number of amides is 1. The Morgan fingerprint density at radius 1 is 0.850 bits per heavy atom. The summed E-state index contributed by atoms with van der Waals surface area (Å²) in [6.07, 6.45) is 2.22. The first-order chi connectivity index (χ1) is 9.34. The Labute approximate surface area is 124 Å². The molecule has 0 aromatic heterocycles. The van der Waals surface area contributed by atoms with Crippen molar-refractivity contribution in [3.05, 3.63) is 33.4 Å². The van der Waals surface area contributed by atoms with Crippen LogP contribution in [0.5, 0.6) is 0 Å². The van der Waals surface area contributed by atoms with Crippen LogP contribution in [0.15, 0.2) is 0 Å². The lowest BCUT2D eigenvalue weighted by molar-refractivity contribution is 0.0945. The first-order valence-electron chi connectivity index (χ1n) is 7.70. The molecule has 0 aliphatic heterocycles. The van der Waals surface area contributed by atoms with Gasteiger partial charge >= 0.3 is 0 Å². The second-order valence-corrected chi connectivity index (χ2v) is 5.89. The van der Waals surface area contributed by atoms with Crippen molar-refractivity contribution in [3.8, 4) is 0 Å². The summed E-state index contributed by atoms with van der Waals surface area (Å²) in [5, 5.41) is 3.12. The molecule has 20 heavy (non-hydrogen) atoms. The van der Waals surface area contributed by atoms with Crippen LogP contribution in [0.4, 0.5) is 0 Å². The zero-order valence-electron chi connectivity index (χ0n) is 14.1. The molecule has 1 amide bonds. The van der Waals surface area contributed by atoms with Crippen LogP contribution in [-0.2, 0) is 0 Å². The fourth-order valence-electron chi connectivity index (χ4n) is 2.74. The summed E-state index contributed by atoms with van der Waals surface area (Å²) in [4.78, 5) is 12.5. The predicted molar refractivity (Wildman–Crippen MR) is 86.5 cm³/mol. The van der Waals surface area contributed by atoms with Crippen molar-refractivity contribution in [1.82, 2.24) is 5.32 Å². The number of benzene rings is 1. The number of carbonyl (C=O) groups excluding carboxylic acids is 1. The maximum atomic E-state index is 12.5. The molecule has 0 radical (unpaired) electrons. The van der Waals surface area contributed by atoms with Crippen molar-refractivity contribution in [2.45, 2.75) is 61.3 Å². The summed E-state index contributed by atoms with van der Waals surface area (Å²) in [6.45, 7) is 15.6. The second kappa shape index (κ2) is 6.92. The Hall–Kier alpha value is -1.31. The van der Waals surface area contributed by atoms with Gasteiger partial charge in [-0.3, -0.25) is 4.79 Å². The van der Waals surface area contributed by atoms with Crippen LogP contribution >= 0.6 is 0 Å². The van der Waals surface area contributed by atoms with Crippen LogP contribution in [-0.4, -0.2) is 12.5 Å². The van der Waals surface area contributed by atoms with Crippen LogP contribution in [0.2, 0.25) is 0 Å². The van der Waals surface area contributed by atoms with E-state index in [4.69, 9.17) is 0 Å². The molecule has 0 saturated heterocycles. The maximum absolute atomic E-state index is 12.5. The SMILES string of the molecule is CCC(CC)CNC(=O)c1c(C)c(C)c(C)c(C)c1C. The number of hydrogen-bond donors (Lipinski definition) is 1. The smallest absolute Gasteiger partial charge is 0.251 e. The molecule has 0 atom stereocenters. The molecule has 1 rings (SSSR count). The highest BCUT2D eigenvalue weighted by atomic mass is 16.1. The van der Waals surface area contributed by atoms with Crippen LogP contribution in [0.25, 0.3) is 0 Å². The van der Waals surface area contributed by atoms with Crippen molar-refractivity contribution < 1.29 is 4.79 Å². The van der Waals surface area contributed by atoms with E-state index in [-0.39, 0.29) is 5.91 Å². The molecule has 0 fully saturated rings. The summed E-state index contributed by atoms with van der Waals surface area (Å²) in [7, 11) is 0. The zero-order valence-corrected chi connectivity index (χ0v) is 14.1. The zero-order chi connectivity index (χ0) is 15.4. The first-order valence-corrected chi connectivity index (χ1v) is 7.70. The summed E-state index contributed by atoms with van der Waals surface area (Å²) in [6, 6.07) is 0. The minimum atomic E-state index is 0.0816. The monoisotopic (exact) mass is 275 g/mol. The van der Waals surface area contributed by atoms with Crippen molar-refractivity contribution >= 4 is 5.91 Å². The van der Waals surface area contributed by atoms with E-state index in [2.05, 4.69) is 53.8 Å². The molecule has 112 valence electrons. The molecule has 0 aliphatic rings. The van der Waals surface area contributed by atoms with Gasteiger partial charge in [0, 0.05) is 12.1 Å². The maximum Gasteiger partial charge on any atom is 0.251 e. The first kappa shape index (κ1) is 16.7. The molecule has 0 saturated carbocycles. The molecule has 0 unspecified atom stereocenters. The Kier molecular flexibility index (Phi) is 5.79. The topological polar surface area (TPSA) is 29.1 Å². The van der Waals surface area contributed by atoms with E-state index in [1.54, 1.807) is 0 Å². The van der Waals surface area contributed by atoms with Crippen LogP contribution in [0.3, 0.4) is 0 Å². The van der Waals surface area contributed by atoms with Gasteiger partial charge in [0.15, 0.2) is 0 Å². The van der Waals surface area contributed by atoms with Gasteiger partial charge in [0.1, 0.15) is 0 Å². The van der Waals surface area contributed by atoms with Crippen LogP contribution in [0, 0.1) is 40.5 Å². The summed E-state index contributed by atoms with van der Waals surface area (Å²) in [5.74, 6) is 0.658. The highest BCUT2D eigenvalue weighted by Crippen LogP contribution is 2.26. The predicted octanol–water partition coefficient (Wildman–Crippen LogP) is 4.39. The third kappa shape index (κ3) is 3.23. The van der Waals surface area contributed by atoms with Gasteiger partial charge in [0.2, 0.25) is 0 Å². The molecule has 0 heterocycles. The molecule has 0 spiro atoms. The van der Waals surface area contributed by atoms with Gasteiger partial charge in [-0.15, -0.1) is 0 Å². The molecule has 0 aliphatic carbocycles. The number of carbonyl (C=O) groups is 1. The Balaban J connectivity index is 3.05. The van der Waals surface area contributed by atoms with Gasteiger partial charge in [0.05, 0.1) is 0 Å². The molecule has 1 aromatic carbocycles. The van der Waals surface area contributed by atoms with Gasteiger partial charge in [-0.25, -0.2) is 0 Å². The molecule has 2 heteroatoms. The normalized spacial score (nSPS) is 11.0. The molecule has 1 aromatic rings. The Morgan fingerprint density at radius 3 is 1.65 bits per heavy atom. The van der Waals surface area contributed by atoms with E-state index in [9.17, 15) is 4.79 Å². The van der Waals surface area contributed by atoms with Gasteiger partial charge in [0.25, 0.3) is 5.91 Å². The lowest BCUT2D eigenvalue weighted by Gasteiger charge is -2.19. The third-order valence-corrected chi connectivity index (χ3v) is 4.93. The lowest BCUT2D eigenvalue weighted by Crippen LogP contribution is -2.30. The molecule has 1 N–H and O–H groups in total. The van der Waals surface area contributed by atoms with E-state index >= 15 is 0 Å². The Morgan fingerprint density at radius 2 is 1.25 bits per heavy atom. The van der Waals surface area contributed by atoms with Crippen LogP contribution < -0.4 is 5.32 Å². The second-order valence-electron chi connectivity index (χ2n) is 5.89. The molecule has 0 bridgehead atoms. The lowest BCUT2D eigenvalue weighted by atomic mass is 9.89. The van der Waals surface area contributed by atoms with E-state index < -0.39 is 0 Å². The number of nitrogens with one attached hydrogen (secondary N) is 1. The quantitative estimate of drug-likeness (QED) is 0.848. The number of hydrogen-bond acceptors (Lipinski definition) is 1. The summed E-state index contributed by atoms with van der Waals surface area (Å²) in [5.41, 5.74) is 6.88. The van der Waals surface area contributed by atoms with E-state index in [0.717, 1.165) is 36.1 Å². The summed E-state index contributed by atoms with van der Waals surface area (Å²) >= 11 is 0. The fourth-order valence-corrected chi connectivity index (χ4v) is 2.74. The highest BCUT2D eigenvalue weighted by Gasteiger charge is 2.18. The van der Waals surface area contributed by atoms with Gasteiger partial charge in [-0.1, -0.05) is 26.7 Å². The van der Waals surface area contributed by atoms with Crippen molar-refractivity contribution in [1.29, 1.82) is 0 Å². The highest BCUT2D eigenvalue weighted by molar-refractivity contribution is 5.98. The minimum absolute atomic E-state index is 0.0816. The van der Waals surface area contributed by atoms with E-state index in [0.29, 0.717) is 5.92 Å². The summed E-state index contributed by atoms with van der Waals surface area (Å²) < 4.78 is 0. The fraction of sp³-hybridized carbons (Fsp3) is 0.611. The Bertz CT molecular complexity index is 470.